The Morgan fingerprint density at radius 2 is 1.52 bits per heavy atom. The summed E-state index contributed by atoms with van der Waals surface area (Å²) in [5, 5.41) is 8.27. The van der Waals surface area contributed by atoms with Gasteiger partial charge in [-0.1, -0.05) is 24.3 Å². The molecule has 3 amide bonds. The molecule has 0 saturated carbocycles. The third-order valence-corrected chi connectivity index (χ3v) is 3.40. The van der Waals surface area contributed by atoms with Crippen LogP contribution in [0.25, 0.3) is 0 Å². The molecule has 5 heteroatoms. The van der Waals surface area contributed by atoms with Crippen LogP contribution in [0.1, 0.15) is 18.1 Å². The summed E-state index contributed by atoms with van der Waals surface area (Å²) in [6.07, 6.45) is 0.793. The number of hydrogen-bond donors (Lipinski definition) is 3. The maximum Gasteiger partial charge on any atom is 0.319 e. The minimum atomic E-state index is -0.245. The summed E-state index contributed by atoms with van der Waals surface area (Å²) < 4.78 is 0. The van der Waals surface area contributed by atoms with E-state index < -0.39 is 0 Å². The van der Waals surface area contributed by atoms with Crippen molar-refractivity contribution >= 4 is 23.3 Å². The van der Waals surface area contributed by atoms with Crippen LogP contribution in [-0.4, -0.2) is 18.5 Å². The number of anilines is 2. The average Bonchev–Trinajstić information content (AvgIpc) is 2.51. The summed E-state index contributed by atoms with van der Waals surface area (Å²) >= 11 is 0. The number of aryl methyl sites for hydroxylation is 1. The molecule has 5 nitrogen and oxygen atoms in total. The van der Waals surface area contributed by atoms with E-state index in [1.54, 1.807) is 24.3 Å². The molecule has 2 aromatic carbocycles. The van der Waals surface area contributed by atoms with Crippen molar-refractivity contribution < 1.29 is 9.59 Å². The molecular formula is C18H21N3O2. The topological polar surface area (TPSA) is 70.2 Å². The van der Waals surface area contributed by atoms with Crippen LogP contribution in [0.5, 0.6) is 0 Å². The normalized spacial score (nSPS) is 10.0. The van der Waals surface area contributed by atoms with Crippen molar-refractivity contribution in [2.45, 2.75) is 20.3 Å². The summed E-state index contributed by atoms with van der Waals surface area (Å²) in [4.78, 5) is 22.8. The highest BCUT2D eigenvalue weighted by atomic mass is 16.2. The van der Waals surface area contributed by atoms with Crippen molar-refractivity contribution in [3.63, 3.8) is 0 Å². The van der Waals surface area contributed by atoms with Crippen molar-refractivity contribution in [3.05, 3.63) is 59.7 Å². The number of nitrogens with one attached hydrogen (secondary N) is 3. The lowest BCUT2D eigenvalue weighted by Gasteiger charge is -2.09. The molecule has 0 radical (unpaired) electrons. The van der Waals surface area contributed by atoms with E-state index in [1.807, 2.05) is 12.1 Å². The predicted molar refractivity (Wildman–Crippen MR) is 92.7 cm³/mol. The number of carbonyl (C=O) groups is 2. The number of rotatable bonds is 5. The van der Waals surface area contributed by atoms with E-state index in [-0.39, 0.29) is 11.9 Å². The third-order valence-electron chi connectivity index (χ3n) is 3.40. The zero-order chi connectivity index (χ0) is 16.7. The Balaban J connectivity index is 1.78. The fraction of sp³-hybridized carbons (Fsp3) is 0.222. The lowest BCUT2D eigenvalue weighted by molar-refractivity contribution is -0.114. The van der Waals surface area contributed by atoms with Crippen molar-refractivity contribution in [1.29, 1.82) is 0 Å². The van der Waals surface area contributed by atoms with Gasteiger partial charge in [0.05, 0.1) is 0 Å². The average molecular weight is 311 g/mol. The standard InChI is InChI=1S/C18H21N3O2/c1-13-5-3-4-6-15(13)11-12-19-18(23)21-17-9-7-16(8-10-17)20-14(2)22/h3-10H,11-12H2,1-2H3,(H,20,22)(H2,19,21,23). The van der Waals surface area contributed by atoms with E-state index in [4.69, 9.17) is 0 Å². The van der Waals surface area contributed by atoms with Gasteiger partial charge in [0.2, 0.25) is 5.91 Å². The highest BCUT2D eigenvalue weighted by Gasteiger charge is 2.03. The molecule has 0 unspecified atom stereocenters. The van der Waals surface area contributed by atoms with Crippen molar-refractivity contribution in [2.24, 2.45) is 0 Å². The molecule has 0 aliphatic heterocycles. The minimum Gasteiger partial charge on any atom is -0.338 e. The first kappa shape index (κ1) is 16.5. The van der Waals surface area contributed by atoms with Crippen LogP contribution < -0.4 is 16.0 Å². The van der Waals surface area contributed by atoms with E-state index in [2.05, 4.69) is 35.0 Å². The van der Waals surface area contributed by atoms with Crippen molar-refractivity contribution in [2.75, 3.05) is 17.2 Å². The third kappa shape index (κ3) is 5.47. The molecule has 0 saturated heterocycles. The van der Waals surface area contributed by atoms with E-state index in [1.165, 1.54) is 18.1 Å². The number of hydrogen-bond acceptors (Lipinski definition) is 2. The van der Waals surface area contributed by atoms with Gasteiger partial charge in [-0.05, 0) is 48.7 Å². The van der Waals surface area contributed by atoms with Gasteiger partial charge < -0.3 is 16.0 Å². The monoisotopic (exact) mass is 311 g/mol. The Bertz CT molecular complexity index is 681. The minimum absolute atomic E-state index is 0.125. The molecule has 3 N–H and O–H groups in total. The molecule has 23 heavy (non-hydrogen) atoms. The molecule has 0 fully saturated rings. The molecule has 0 aliphatic rings. The van der Waals surface area contributed by atoms with Crippen LogP contribution in [0.3, 0.4) is 0 Å². The van der Waals surface area contributed by atoms with Crippen LogP contribution in [0.4, 0.5) is 16.2 Å². The highest BCUT2D eigenvalue weighted by molar-refractivity contribution is 5.91. The second-order valence-electron chi connectivity index (χ2n) is 5.32. The maximum absolute atomic E-state index is 11.9. The van der Waals surface area contributed by atoms with Crippen LogP contribution in [0.2, 0.25) is 0 Å². The quantitative estimate of drug-likeness (QED) is 0.793. The lowest BCUT2D eigenvalue weighted by atomic mass is 10.1. The second-order valence-corrected chi connectivity index (χ2v) is 5.32. The van der Waals surface area contributed by atoms with Gasteiger partial charge in [0.1, 0.15) is 0 Å². The van der Waals surface area contributed by atoms with Gasteiger partial charge in [-0.3, -0.25) is 4.79 Å². The van der Waals surface area contributed by atoms with Gasteiger partial charge in [-0.15, -0.1) is 0 Å². The summed E-state index contributed by atoms with van der Waals surface area (Å²) in [6, 6.07) is 14.9. The summed E-state index contributed by atoms with van der Waals surface area (Å²) in [5.41, 5.74) is 3.83. The second kappa shape index (κ2) is 7.98. The van der Waals surface area contributed by atoms with Gasteiger partial charge in [-0.25, -0.2) is 4.79 Å². The molecule has 2 aromatic rings. The summed E-state index contributed by atoms with van der Waals surface area (Å²) in [7, 11) is 0. The fourth-order valence-electron chi connectivity index (χ4n) is 2.22. The van der Waals surface area contributed by atoms with Crippen LogP contribution in [0.15, 0.2) is 48.5 Å². The molecule has 0 aliphatic carbocycles. The molecule has 0 bridgehead atoms. The van der Waals surface area contributed by atoms with E-state index in [0.717, 1.165) is 6.42 Å². The molecule has 0 heterocycles. The molecule has 0 atom stereocenters. The Morgan fingerprint density at radius 1 is 0.913 bits per heavy atom. The van der Waals surface area contributed by atoms with Crippen molar-refractivity contribution in [1.82, 2.24) is 5.32 Å². The molecule has 120 valence electrons. The van der Waals surface area contributed by atoms with E-state index >= 15 is 0 Å². The maximum atomic E-state index is 11.9. The first-order valence-corrected chi connectivity index (χ1v) is 7.51. The number of amides is 3. The zero-order valence-corrected chi connectivity index (χ0v) is 13.3. The number of urea groups is 1. The molecule has 2 rings (SSSR count). The van der Waals surface area contributed by atoms with E-state index in [0.29, 0.717) is 17.9 Å². The summed E-state index contributed by atoms with van der Waals surface area (Å²) in [5.74, 6) is -0.125. The first-order valence-electron chi connectivity index (χ1n) is 7.51. The molecular weight excluding hydrogens is 290 g/mol. The van der Waals surface area contributed by atoms with Crippen LogP contribution in [-0.2, 0) is 11.2 Å². The van der Waals surface area contributed by atoms with Gasteiger partial charge in [-0.2, -0.15) is 0 Å². The molecule has 0 spiro atoms. The SMILES string of the molecule is CC(=O)Nc1ccc(NC(=O)NCCc2ccccc2C)cc1. The zero-order valence-electron chi connectivity index (χ0n) is 13.3. The van der Waals surface area contributed by atoms with Gasteiger partial charge in [0.25, 0.3) is 0 Å². The van der Waals surface area contributed by atoms with Crippen LogP contribution in [0, 0.1) is 6.92 Å². The number of carbonyl (C=O) groups excluding carboxylic acids is 2. The van der Waals surface area contributed by atoms with Crippen molar-refractivity contribution in [3.8, 4) is 0 Å². The van der Waals surface area contributed by atoms with Gasteiger partial charge in [0.15, 0.2) is 0 Å². The Labute approximate surface area is 136 Å². The van der Waals surface area contributed by atoms with Gasteiger partial charge in [0, 0.05) is 24.8 Å². The molecule has 0 aromatic heterocycles. The Kier molecular flexibility index (Phi) is 5.74. The Hall–Kier alpha value is -2.82. The van der Waals surface area contributed by atoms with E-state index in [9.17, 15) is 9.59 Å². The summed E-state index contributed by atoms with van der Waals surface area (Å²) in [6.45, 7) is 4.08. The lowest BCUT2D eigenvalue weighted by Crippen LogP contribution is -2.30. The predicted octanol–water partition coefficient (Wildman–Crippen LogP) is 3.32. The first-order chi connectivity index (χ1) is 11.0. The highest BCUT2D eigenvalue weighted by Crippen LogP contribution is 2.13. The van der Waals surface area contributed by atoms with Crippen LogP contribution >= 0.6 is 0 Å². The number of benzene rings is 2. The van der Waals surface area contributed by atoms with Gasteiger partial charge >= 0.3 is 6.03 Å². The largest absolute Gasteiger partial charge is 0.338 e. The smallest absolute Gasteiger partial charge is 0.319 e. The Morgan fingerprint density at radius 3 is 2.13 bits per heavy atom. The fourth-order valence-corrected chi connectivity index (χ4v) is 2.22.